The van der Waals surface area contributed by atoms with Crippen LogP contribution < -0.4 is 0 Å². The highest BCUT2D eigenvalue weighted by molar-refractivity contribution is 7.99. The quantitative estimate of drug-likeness (QED) is 0.620. The van der Waals surface area contributed by atoms with Gasteiger partial charge in [-0.15, -0.1) is 11.8 Å². The molecule has 2 atom stereocenters. The second kappa shape index (κ2) is 10.1. The molecule has 1 heterocycles. The highest BCUT2D eigenvalue weighted by Crippen LogP contribution is 2.43. The Bertz CT molecular complexity index is 881. The van der Waals surface area contributed by atoms with Crippen molar-refractivity contribution in [3.05, 3.63) is 71.0 Å². The molecule has 0 radical (unpaired) electrons. The van der Waals surface area contributed by atoms with E-state index in [0.717, 1.165) is 18.4 Å². The lowest BCUT2D eigenvalue weighted by atomic mass is 10.1. The number of amides is 2. The molecule has 0 aromatic heterocycles. The minimum Gasteiger partial charge on any atom is -0.341 e. The van der Waals surface area contributed by atoms with E-state index in [9.17, 15) is 14.0 Å². The van der Waals surface area contributed by atoms with E-state index in [2.05, 4.69) is 0 Å². The predicted octanol–water partition coefficient (Wildman–Crippen LogP) is 5.04. The molecule has 1 aliphatic rings. The monoisotopic (exact) mass is 428 g/mol. The first kappa shape index (κ1) is 22.3. The lowest BCUT2D eigenvalue weighted by molar-refractivity contribution is -0.135. The fourth-order valence-electron chi connectivity index (χ4n) is 3.79. The standard InChI is InChI=1S/C24H29FN2O2S/c1-4-13-26(14-5-2)23(29)21-16-30-24(19-7-6-8-20(25)15-19)27(21)22(28)18-11-9-17(3)10-12-18/h6-12,15,21,24H,4-5,13-14,16H2,1-3H3. The first-order chi connectivity index (χ1) is 14.5. The first-order valence-corrected chi connectivity index (χ1v) is 11.6. The molecule has 1 aliphatic heterocycles. The molecule has 160 valence electrons. The molecule has 0 bridgehead atoms. The van der Waals surface area contributed by atoms with Gasteiger partial charge in [0.05, 0.1) is 0 Å². The van der Waals surface area contributed by atoms with Crippen LogP contribution in [0.5, 0.6) is 0 Å². The van der Waals surface area contributed by atoms with Crippen molar-refractivity contribution in [2.24, 2.45) is 0 Å². The van der Waals surface area contributed by atoms with Gasteiger partial charge in [0.1, 0.15) is 17.2 Å². The SMILES string of the molecule is CCCN(CCC)C(=O)C1CSC(c2cccc(F)c2)N1C(=O)c1ccc(C)cc1. The summed E-state index contributed by atoms with van der Waals surface area (Å²) in [6, 6.07) is 13.1. The predicted molar refractivity (Wildman–Crippen MR) is 120 cm³/mol. The molecule has 0 aliphatic carbocycles. The van der Waals surface area contributed by atoms with Gasteiger partial charge in [0.15, 0.2) is 0 Å². The van der Waals surface area contributed by atoms with Crippen LogP contribution in [0.2, 0.25) is 0 Å². The summed E-state index contributed by atoms with van der Waals surface area (Å²) in [4.78, 5) is 30.5. The van der Waals surface area contributed by atoms with Crippen LogP contribution in [0.15, 0.2) is 48.5 Å². The molecule has 0 N–H and O–H groups in total. The maximum absolute atomic E-state index is 13.9. The van der Waals surface area contributed by atoms with E-state index in [1.165, 1.54) is 23.9 Å². The van der Waals surface area contributed by atoms with Gasteiger partial charge in [0.2, 0.25) is 5.91 Å². The van der Waals surface area contributed by atoms with Crippen molar-refractivity contribution >= 4 is 23.6 Å². The number of rotatable bonds is 7. The summed E-state index contributed by atoms with van der Waals surface area (Å²) in [7, 11) is 0. The van der Waals surface area contributed by atoms with Gasteiger partial charge >= 0.3 is 0 Å². The largest absolute Gasteiger partial charge is 0.341 e. The number of hydrogen-bond donors (Lipinski definition) is 0. The third-order valence-electron chi connectivity index (χ3n) is 5.25. The maximum Gasteiger partial charge on any atom is 0.255 e. The zero-order valence-electron chi connectivity index (χ0n) is 17.8. The van der Waals surface area contributed by atoms with Crippen molar-refractivity contribution in [2.45, 2.75) is 45.0 Å². The van der Waals surface area contributed by atoms with Crippen LogP contribution in [0, 0.1) is 12.7 Å². The number of carbonyl (C=O) groups excluding carboxylic acids is 2. The highest BCUT2D eigenvalue weighted by atomic mass is 32.2. The van der Waals surface area contributed by atoms with Crippen molar-refractivity contribution in [2.75, 3.05) is 18.8 Å². The van der Waals surface area contributed by atoms with Crippen LogP contribution in [-0.4, -0.2) is 46.5 Å². The lowest BCUT2D eigenvalue weighted by Gasteiger charge is -2.32. The summed E-state index contributed by atoms with van der Waals surface area (Å²) in [5.74, 6) is -0.0584. The molecular formula is C24H29FN2O2S. The van der Waals surface area contributed by atoms with E-state index in [1.54, 1.807) is 23.1 Å². The third kappa shape index (κ3) is 4.86. The Kier molecular flexibility index (Phi) is 7.53. The second-order valence-corrected chi connectivity index (χ2v) is 8.77. The minimum atomic E-state index is -0.560. The fraction of sp³-hybridized carbons (Fsp3) is 0.417. The Morgan fingerprint density at radius 3 is 2.37 bits per heavy atom. The lowest BCUT2D eigenvalue weighted by Crippen LogP contribution is -2.50. The van der Waals surface area contributed by atoms with E-state index in [1.807, 2.05) is 43.9 Å². The van der Waals surface area contributed by atoms with Crippen LogP contribution >= 0.6 is 11.8 Å². The molecule has 1 fully saturated rings. The van der Waals surface area contributed by atoms with E-state index in [4.69, 9.17) is 0 Å². The number of halogens is 1. The summed E-state index contributed by atoms with van der Waals surface area (Å²) in [6.07, 6.45) is 1.73. The van der Waals surface area contributed by atoms with Gasteiger partial charge < -0.3 is 9.80 Å². The number of benzene rings is 2. The second-order valence-electron chi connectivity index (χ2n) is 7.66. The zero-order chi connectivity index (χ0) is 21.7. The molecule has 1 saturated heterocycles. The Morgan fingerprint density at radius 2 is 1.77 bits per heavy atom. The van der Waals surface area contributed by atoms with Gasteiger partial charge in [-0.2, -0.15) is 0 Å². The Morgan fingerprint density at radius 1 is 1.10 bits per heavy atom. The molecule has 3 rings (SSSR count). The summed E-state index contributed by atoms with van der Waals surface area (Å²) in [5, 5.41) is -0.395. The summed E-state index contributed by atoms with van der Waals surface area (Å²) in [6.45, 7) is 7.40. The van der Waals surface area contributed by atoms with E-state index < -0.39 is 11.4 Å². The molecule has 2 unspecified atom stereocenters. The van der Waals surface area contributed by atoms with Gasteiger partial charge in [-0.3, -0.25) is 9.59 Å². The Balaban J connectivity index is 1.98. The summed E-state index contributed by atoms with van der Waals surface area (Å²) >= 11 is 1.52. The van der Waals surface area contributed by atoms with Crippen LogP contribution in [0.1, 0.15) is 53.5 Å². The van der Waals surface area contributed by atoms with Crippen molar-refractivity contribution in [3.63, 3.8) is 0 Å². The third-order valence-corrected chi connectivity index (χ3v) is 6.57. The van der Waals surface area contributed by atoms with E-state index in [-0.39, 0.29) is 17.6 Å². The number of carbonyl (C=O) groups is 2. The average Bonchev–Trinajstić information content (AvgIpc) is 3.18. The van der Waals surface area contributed by atoms with Crippen LogP contribution in [-0.2, 0) is 4.79 Å². The topological polar surface area (TPSA) is 40.6 Å². The van der Waals surface area contributed by atoms with Crippen molar-refractivity contribution in [1.82, 2.24) is 9.80 Å². The molecule has 6 heteroatoms. The van der Waals surface area contributed by atoms with Gasteiger partial charge in [-0.05, 0) is 49.6 Å². The van der Waals surface area contributed by atoms with E-state index >= 15 is 0 Å². The Hall–Kier alpha value is -2.34. The number of hydrogen-bond acceptors (Lipinski definition) is 3. The molecule has 0 saturated carbocycles. The van der Waals surface area contributed by atoms with E-state index in [0.29, 0.717) is 30.0 Å². The van der Waals surface area contributed by atoms with Crippen molar-refractivity contribution in [3.8, 4) is 0 Å². The maximum atomic E-state index is 13.9. The number of aryl methyl sites for hydroxylation is 1. The molecular weight excluding hydrogens is 399 g/mol. The molecule has 2 aromatic rings. The van der Waals surface area contributed by atoms with Crippen LogP contribution in [0.3, 0.4) is 0 Å². The van der Waals surface area contributed by atoms with Crippen LogP contribution in [0.25, 0.3) is 0 Å². The van der Waals surface area contributed by atoms with Gasteiger partial charge in [-0.1, -0.05) is 43.7 Å². The molecule has 2 aromatic carbocycles. The highest BCUT2D eigenvalue weighted by Gasteiger charge is 2.43. The minimum absolute atomic E-state index is 0.0226. The van der Waals surface area contributed by atoms with Crippen molar-refractivity contribution in [1.29, 1.82) is 0 Å². The summed E-state index contributed by atoms with van der Waals surface area (Å²) < 4.78 is 13.9. The van der Waals surface area contributed by atoms with Gasteiger partial charge in [0.25, 0.3) is 5.91 Å². The van der Waals surface area contributed by atoms with Gasteiger partial charge in [0, 0.05) is 24.4 Å². The molecule has 30 heavy (non-hydrogen) atoms. The Labute approximate surface area is 182 Å². The molecule has 0 spiro atoms. The van der Waals surface area contributed by atoms with Gasteiger partial charge in [-0.25, -0.2) is 4.39 Å². The molecule has 2 amide bonds. The fourth-order valence-corrected chi connectivity index (χ4v) is 5.20. The number of nitrogens with zero attached hydrogens (tertiary/aromatic N) is 2. The summed E-state index contributed by atoms with van der Waals surface area (Å²) in [5.41, 5.74) is 2.31. The number of thioether (sulfide) groups is 1. The zero-order valence-corrected chi connectivity index (χ0v) is 18.6. The smallest absolute Gasteiger partial charge is 0.255 e. The average molecular weight is 429 g/mol. The van der Waals surface area contributed by atoms with Crippen LogP contribution in [0.4, 0.5) is 4.39 Å². The van der Waals surface area contributed by atoms with Crippen molar-refractivity contribution < 1.29 is 14.0 Å². The first-order valence-electron chi connectivity index (χ1n) is 10.5. The molecule has 4 nitrogen and oxygen atoms in total. The normalized spacial score (nSPS) is 18.5.